The zero-order valence-corrected chi connectivity index (χ0v) is 10.0. The van der Waals surface area contributed by atoms with Crippen molar-refractivity contribution in [2.75, 3.05) is 13.1 Å². The molecule has 0 aliphatic heterocycles. The van der Waals surface area contributed by atoms with E-state index >= 15 is 0 Å². The highest BCUT2D eigenvalue weighted by atomic mass is 16.3. The highest BCUT2D eigenvalue weighted by Gasteiger charge is 2.31. The van der Waals surface area contributed by atoms with Crippen LogP contribution >= 0.6 is 0 Å². The SMILES string of the molecule is CC(C)CN(CC(O)C1CC1)C(C)C. The zero-order chi connectivity index (χ0) is 10.7. The second kappa shape index (κ2) is 5.13. The molecule has 1 rings (SSSR count). The van der Waals surface area contributed by atoms with Crippen LogP contribution < -0.4 is 0 Å². The number of aliphatic hydroxyl groups excluding tert-OH is 1. The summed E-state index contributed by atoms with van der Waals surface area (Å²) in [4.78, 5) is 2.40. The highest BCUT2D eigenvalue weighted by molar-refractivity contribution is 4.83. The Bertz CT molecular complexity index is 164. The van der Waals surface area contributed by atoms with E-state index in [0.717, 1.165) is 13.1 Å². The summed E-state index contributed by atoms with van der Waals surface area (Å²) in [7, 11) is 0. The highest BCUT2D eigenvalue weighted by Crippen LogP contribution is 2.33. The second-order valence-corrected chi connectivity index (χ2v) is 5.35. The fourth-order valence-corrected chi connectivity index (χ4v) is 1.84. The Hall–Kier alpha value is -0.0800. The minimum absolute atomic E-state index is 0.0869. The van der Waals surface area contributed by atoms with Crippen LogP contribution in [0.15, 0.2) is 0 Å². The van der Waals surface area contributed by atoms with Crippen molar-refractivity contribution in [3.05, 3.63) is 0 Å². The number of aliphatic hydroxyl groups is 1. The molecule has 0 spiro atoms. The fraction of sp³-hybridized carbons (Fsp3) is 1.00. The third-order valence-electron chi connectivity index (χ3n) is 2.92. The van der Waals surface area contributed by atoms with Crippen LogP contribution in [0.3, 0.4) is 0 Å². The van der Waals surface area contributed by atoms with Crippen LogP contribution in [0.1, 0.15) is 40.5 Å². The molecule has 0 aromatic rings. The summed E-state index contributed by atoms with van der Waals surface area (Å²) in [6.07, 6.45) is 2.37. The summed E-state index contributed by atoms with van der Waals surface area (Å²) >= 11 is 0. The Morgan fingerprint density at radius 2 is 1.71 bits per heavy atom. The van der Waals surface area contributed by atoms with Gasteiger partial charge in [0, 0.05) is 19.1 Å². The molecule has 0 radical (unpaired) electrons. The quantitative estimate of drug-likeness (QED) is 0.708. The number of rotatable bonds is 6. The van der Waals surface area contributed by atoms with Gasteiger partial charge in [-0.25, -0.2) is 0 Å². The van der Waals surface area contributed by atoms with Crippen LogP contribution in [0.2, 0.25) is 0 Å². The topological polar surface area (TPSA) is 23.5 Å². The lowest BCUT2D eigenvalue weighted by Gasteiger charge is -2.30. The van der Waals surface area contributed by atoms with E-state index in [1.54, 1.807) is 0 Å². The first-order valence-corrected chi connectivity index (χ1v) is 5.92. The molecule has 0 amide bonds. The smallest absolute Gasteiger partial charge is 0.0695 e. The van der Waals surface area contributed by atoms with E-state index < -0.39 is 0 Å². The van der Waals surface area contributed by atoms with E-state index in [9.17, 15) is 5.11 Å². The maximum absolute atomic E-state index is 9.88. The maximum Gasteiger partial charge on any atom is 0.0695 e. The van der Waals surface area contributed by atoms with E-state index in [4.69, 9.17) is 0 Å². The first kappa shape index (κ1) is 12.0. The Kier molecular flexibility index (Phi) is 4.39. The van der Waals surface area contributed by atoms with E-state index in [1.807, 2.05) is 0 Å². The summed E-state index contributed by atoms with van der Waals surface area (Å²) in [6.45, 7) is 10.9. The van der Waals surface area contributed by atoms with Crippen LogP contribution in [0, 0.1) is 11.8 Å². The third kappa shape index (κ3) is 3.97. The van der Waals surface area contributed by atoms with Crippen LogP contribution in [0.25, 0.3) is 0 Å². The molecule has 1 unspecified atom stereocenters. The van der Waals surface area contributed by atoms with Gasteiger partial charge in [-0.15, -0.1) is 0 Å². The average molecular weight is 199 g/mol. The lowest BCUT2D eigenvalue weighted by atomic mass is 10.1. The summed E-state index contributed by atoms with van der Waals surface area (Å²) in [5.74, 6) is 1.28. The van der Waals surface area contributed by atoms with E-state index in [2.05, 4.69) is 32.6 Å². The first-order valence-electron chi connectivity index (χ1n) is 5.92. The Labute approximate surface area is 88.3 Å². The van der Waals surface area contributed by atoms with Gasteiger partial charge in [-0.1, -0.05) is 13.8 Å². The summed E-state index contributed by atoms with van der Waals surface area (Å²) in [5.41, 5.74) is 0. The van der Waals surface area contributed by atoms with Crippen LogP contribution in [-0.2, 0) is 0 Å². The summed E-state index contributed by atoms with van der Waals surface area (Å²) in [6, 6.07) is 0.547. The lowest BCUT2D eigenvalue weighted by molar-refractivity contribution is 0.0737. The monoisotopic (exact) mass is 199 g/mol. The largest absolute Gasteiger partial charge is 0.392 e. The van der Waals surface area contributed by atoms with Gasteiger partial charge in [-0.2, -0.15) is 0 Å². The van der Waals surface area contributed by atoms with Crippen molar-refractivity contribution < 1.29 is 5.11 Å². The molecular weight excluding hydrogens is 174 g/mol. The van der Waals surface area contributed by atoms with Gasteiger partial charge in [0.1, 0.15) is 0 Å². The maximum atomic E-state index is 9.88. The molecule has 1 saturated carbocycles. The molecule has 1 aliphatic carbocycles. The number of nitrogens with zero attached hydrogens (tertiary/aromatic N) is 1. The van der Waals surface area contributed by atoms with Crippen molar-refractivity contribution in [1.29, 1.82) is 0 Å². The van der Waals surface area contributed by atoms with Gasteiger partial charge in [0.15, 0.2) is 0 Å². The molecule has 1 N–H and O–H groups in total. The number of hydrogen-bond donors (Lipinski definition) is 1. The molecule has 1 atom stereocenters. The lowest BCUT2D eigenvalue weighted by Crippen LogP contribution is -2.40. The molecule has 1 aliphatic rings. The van der Waals surface area contributed by atoms with Gasteiger partial charge in [0.25, 0.3) is 0 Å². The van der Waals surface area contributed by atoms with Gasteiger partial charge >= 0.3 is 0 Å². The Balaban J connectivity index is 2.33. The Morgan fingerprint density at radius 3 is 2.07 bits per heavy atom. The van der Waals surface area contributed by atoms with Gasteiger partial charge in [-0.3, -0.25) is 4.90 Å². The summed E-state index contributed by atoms with van der Waals surface area (Å²) in [5, 5.41) is 9.88. The van der Waals surface area contributed by atoms with Crippen LogP contribution in [0.4, 0.5) is 0 Å². The fourth-order valence-electron chi connectivity index (χ4n) is 1.84. The van der Waals surface area contributed by atoms with Gasteiger partial charge in [0.2, 0.25) is 0 Å². The second-order valence-electron chi connectivity index (χ2n) is 5.35. The molecule has 0 aromatic carbocycles. The average Bonchev–Trinajstić information content (AvgIpc) is 2.83. The van der Waals surface area contributed by atoms with Gasteiger partial charge in [-0.05, 0) is 38.5 Å². The van der Waals surface area contributed by atoms with E-state index in [1.165, 1.54) is 12.8 Å². The van der Waals surface area contributed by atoms with Crippen molar-refractivity contribution in [2.24, 2.45) is 11.8 Å². The minimum atomic E-state index is -0.0869. The third-order valence-corrected chi connectivity index (χ3v) is 2.92. The van der Waals surface area contributed by atoms with Crippen LogP contribution in [0.5, 0.6) is 0 Å². The molecule has 14 heavy (non-hydrogen) atoms. The molecule has 2 nitrogen and oxygen atoms in total. The molecular formula is C12H25NO. The predicted molar refractivity (Wildman–Crippen MR) is 60.3 cm³/mol. The van der Waals surface area contributed by atoms with Crippen molar-refractivity contribution in [1.82, 2.24) is 4.90 Å². The first-order chi connectivity index (χ1) is 6.50. The molecule has 1 fully saturated rings. The predicted octanol–water partition coefficient (Wildman–Crippen LogP) is 2.12. The molecule has 0 aromatic heterocycles. The standard InChI is InChI=1S/C12H25NO/c1-9(2)7-13(10(3)4)8-12(14)11-5-6-11/h9-12,14H,5-8H2,1-4H3. The van der Waals surface area contributed by atoms with E-state index in [-0.39, 0.29) is 6.10 Å². The number of hydrogen-bond acceptors (Lipinski definition) is 2. The van der Waals surface area contributed by atoms with Crippen LogP contribution in [-0.4, -0.2) is 35.2 Å². The molecule has 0 bridgehead atoms. The summed E-state index contributed by atoms with van der Waals surface area (Å²) < 4.78 is 0. The molecule has 0 heterocycles. The minimum Gasteiger partial charge on any atom is -0.392 e. The van der Waals surface area contributed by atoms with Crippen molar-refractivity contribution in [3.8, 4) is 0 Å². The molecule has 0 saturated heterocycles. The normalized spacial score (nSPS) is 19.7. The Morgan fingerprint density at radius 1 is 1.14 bits per heavy atom. The zero-order valence-electron chi connectivity index (χ0n) is 10.0. The molecule has 2 heteroatoms. The van der Waals surface area contributed by atoms with Gasteiger partial charge < -0.3 is 5.11 Å². The van der Waals surface area contributed by atoms with E-state index in [0.29, 0.717) is 17.9 Å². The van der Waals surface area contributed by atoms with Crippen molar-refractivity contribution in [2.45, 2.75) is 52.7 Å². The molecule has 84 valence electrons. The van der Waals surface area contributed by atoms with Crippen molar-refractivity contribution in [3.63, 3.8) is 0 Å². The van der Waals surface area contributed by atoms with Crippen molar-refractivity contribution >= 4 is 0 Å². The van der Waals surface area contributed by atoms with Gasteiger partial charge in [0.05, 0.1) is 6.10 Å².